The second-order valence-electron chi connectivity index (χ2n) is 8.71. The number of carbonyl (C=O) groups is 1. The van der Waals surface area contributed by atoms with Gasteiger partial charge < -0.3 is 19.3 Å². The molecule has 0 aliphatic carbocycles. The molecule has 1 fully saturated rings. The number of epoxide rings is 1. The van der Waals surface area contributed by atoms with Gasteiger partial charge in [0.2, 0.25) is 0 Å². The predicted molar refractivity (Wildman–Crippen MR) is 139 cm³/mol. The van der Waals surface area contributed by atoms with Gasteiger partial charge in [-0.25, -0.2) is 4.79 Å². The topological polar surface area (TPSA) is 68.3 Å². The molecule has 1 aliphatic heterocycles. The maximum absolute atomic E-state index is 10.9. The van der Waals surface area contributed by atoms with Gasteiger partial charge in [0.1, 0.15) is 29.8 Å². The van der Waals surface area contributed by atoms with Crippen LogP contribution in [0.25, 0.3) is 11.1 Å². The Bertz CT molecular complexity index is 1050. The summed E-state index contributed by atoms with van der Waals surface area (Å²) in [6.07, 6.45) is 5.00. The Morgan fingerprint density at radius 3 is 2.26 bits per heavy atom. The SMILES string of the molecule is CCCCOc1cc(C)ccc1C(=O)O.CCC[C@H]1O[C@H]1COc1ccc(-c2ccccc2)cc1. The van der Waals surface area contributed by atoms with Crippen LogP contribution in [0.2, 0.25) is 0 Å². The number of aryl methyl sites for hydroxylation is 1. The van der Waals surface area contributed by atoms with Crippen molar-refractivity contribution in [2.75, 3.05) is 13.2 Å². The number of ether oxygens (including phenoxy) is 3. The van der Waals surface area contributed by atoms with Crippen LogP contribution in [0.5, 0.6) is 11.5 Å². The third-order valence-electron chi connectivity index (χ3n) is 5.76. The third-order valence-corrected chi connectivity index (χ3v) is 5.76. The van der Waals surface area contributed by atoms with E-state index in [0.29, 0.717) is 31.2 Å². The Kier molecular flexibility index (Phi) is 10.2. The first-order chi connectivity index (χ1) is 17.0. The van der Waals surface area contributed by atoms with Gasteiger partial charge >= 0.3 is 5.97 Å². The first-order valence-corrected chi connectivity index (χ1v) is 12.4. The van der Waals surface area contributed by atoms with Crippen LogP contribution in [0.15, 0.2) is 72.8 Å². The van der Waals surface area contributed by atoms with Crippen LogP contribution in [-0.2, 0) is 4.74 Å². The lowest BCUT2D eigenvalue weighted by molar-refractivity contribution is 0.0692. The highest BCUT2D eigenvalue weighted by Gasteiger charge is 2.38. The number of unbranched alkanes of at least 4 members (excludes halogenated alkanes) is 1. The Morgan fingerprint density at radius 2 is 1.60 bits per heavy atom. The molecule has 0 spiro atoms. The Balaban J connectivity index is 0.000000205. The van der Waals surface area contributed by atoms with Crippen molar-refractivity contribution in [3.63, 3.8) is 0 Å². The molecule has 0 amide bonds. The fraction of sp³-hybridized carbons (Fsp3) is 0.367. The molecule has 1 saturated heterocycles. The highest BCUT2D eigenvalue weighted by Crippen LogP contribution is 2.28. The maximum Gasteiger partial charge on any atom is 0.339 e. The van der Waals surface area contributed by atoms with Gasteiger partial charge in [-0.05, 0) is 60.7 Å². The van der Waals surface area contributed by atoms with Crippen LogP contribution < -0.4 is 9.47 Å². The summed E-state index contributed by atoms with van der Waals surface area (Å²) < 4.78 is 16.8. The van der Waals surface area contributed by atoms with Crippen molar-refractivity contribution < 1.29 is 24.1 Å². The zero-order valence-corrected chi connectivity index (χ0v) is 20.9. The molecular formula is C30H36O5. The molecule has 3 aromatic rings. The van der Waals surface area contributed by atoms with Gasteiger partial charge in [-0.1, -0.05) is 75.2 Å². The molecule has 1 aliphatic rings. The summed E-state index contributed by atoms with van der Waals surface area (Å²) in [5.41, 5.74) is 3.68. The molecule has 5 nitrogen and oxygen atoms in total. The van der Waals surface area contributed by atoms with Gasteiger partial charge in [0.05, 0.1) is 12.7 Å². The Morgan fingerprint density at radius 1 is 0.886 bits per heavy atom. The molecule has 4 rings (SSSR count). The largest absolute Gasteiger partial charge is 0.493 e. The number of rotatable bonds is 11. The molecule has 0 saturated carbocycles. The molecule has 1 N–H and O–H groups in total. The first kappa shape index (κ1) is 26.3. The van der Waals surface area contributed by atoms with E-state index in [4.69, 9.17) is 19.3 Å². The molecule has 1 heterocycles. The molecule has 0 unspecified atom stereocenters. The van der Waals surface area contributed by atoms with Crippen molar-refractivity contribution in [2.45, 2.75) is 58.7 Å². The van der Waals surface area contributed by atoms with Crippen molar-refractivity contribution in [1.29, 1.82) is 0 Å². The summed E-state index contributed by atoms with van der Waals surface area (Å²) >= 11 is 0. The van der Waals surface area contributed by atoms with Crippen molar-refractivity contribution in [1.82, 2.24) is 0 Å². The summed E-state index contributed by atoms with van der Waals surface area (Å²) in [6.45, 7) is 7.40. The van der Waals surface area contributed by atoms with Gasteiger partial charge in [-0.15, -0.1) is 0 Å². The van der Waals surface area contributed by atoms with Crippen LogP contribution in [0.4, 0.5) is 0 Å². The molecule has 0 aromatic heterocycles. The zero-order valence-electron chi connectivity index (χ0n) is 20.9. The predicted octanol–water partition coefficient (Wildman–Crippen LogP) is 7.17. The maximum atomic E-state index is 10.9. The quantitative estimate of drug-likeness (QED) is 0.235. The molecule has 0 radical (unpaired) electrons. The average Bonchev–Trinajstić information content (AvgIpc) is 3.62. The van der Waals surface area contributed by atoms with E-state index in [0.717, 1.165) is 30.6 Å². The number of hydrogen-bond donors (Lipinski definition) is 1. The molecule has 3 aromatic carbocycles. The van der Waals surface area contributed by atoms with Gasteiger partial charge in [0.25, 0.3) is 0 Å². The summed E-state index contributed by atoms with van der Waals surface area (Å²) in [5.74, 6) is 0.438. The van der Waals surface area contributed by atoms with Crippen LogP contribution >= 0.6 is 0 Å². The number of aromatic carboxylic acids is 1. The van der Waals surface area contributed by atoms with Gasteiger partial charge in [-0.2, -0.15) is 0 Å². The monoisotopic (exact) mass is 476 g/mol. The lowest BCUT2D eigenvalue weighted by atomic mass is 10.1. The van der Waals surface area contributed by atoms with Crippen LogP contribution in [0.1, 0.15) is 55.5 Å². The molecule has 2 atom stereocenters. The van der Waals surface area contributed by atoms with Gasteiger partial charge in [0, 0.05) is 0 Å². The second-order valence-corrected chi connectivity index (χ2v) is 8.71. The minimum absolute atomic E-state index is 0.233. The van der Waals surface area contributed by atoms with Crippen molar-refractivity contribution in [2.24, 2.45) is 0 Å². The molecule has 35 heavy (non-hydrogen) atoms. The average molecular weight is 477 g/mol. The van der Waals surface area contributed by atoms with Crippen LogP contribution in [0, 0.1) is 6.92 Å². The standard InChI is InChI=1S/C18H20O2.C12H16O3/c1-2-6-17-18(20-17)13-19-16-11-9-15(10-12-16)14-7-4-3-5-8-14;1-3-4-7-15-11-8-9(2)5-6-10(11)12(13)14/h3-5,7-12,17-18H,2,6,13H2,1H3;5-6,8H,3-4,7H2,1-2H3,(H,13,14)/t17-,18+;/m1./s1. The number of carboxylic acid groups (broad SMARTS) is 1. The molecule has 5 heteroatoms. The van der Waals surface area contributed by atoms with E-state index < -0.39 is 5.97 Å². The fourth-order valence-corrected chi connectivity index (χ4v) is 3.67. The lowest BCUT2D eigenvalue weighted by Crippen LogP contribution is -2.07. The van der Waals surface area contributed by atoms with Crippen molar-refractivity contribution in [3.8, 4) is 22.6 Å². The highest BCUT2D eigenvalue weighted by molar-refractivity contribution is 5.90. The smallest absolute Gasteiger partial charge is 0.339 e. The Labute approximate surface area is 208 Å². The van der Waals surface area contributed by atoms with E-state index in [1.54, 1.807) is 18.2 Å². The number of benzene rings is 3. The molecule has 186 valence electrons. The second kappa shape index (κ2) is 13.5. The van der Waals surface area contributed by atoms with Crippen molar-refractivity contribution >= 4 is 5.97 Å². The summed E-state index contributed by atoms with van der Waals surface area (Å²) in [7, 11) is 0. The first-order valence-electron chi connectivity index (χ1n) is 12.4. The summed E-state index contributed by atoms with van der Waals surface area (Å²) in [5, 5.41) is 8.93. The summed E-state index contributed by atoms with van der Waals surface area (Å²) in [4.78, 5) is 10.9. The van der Waals surface area contributed by atoms with E-state index in [2.05, 4.69) is 50.2 Å². The van der Waals surface area contributed by atoms with Gasteiger partial charge in [-0.3, -0.25) is 0 Å². The number of carboxylic acids is 1. The normalized spacial score (nSPS) is 16.1. The minimum Gasteiger partial charge on any atom is -0.493 e. The van der Waals surface area contributed by atoms with Crippen LogP contribution in [-0.4, -0.2) is 36.5 Å². The highest BCUT2D eigenvalue weighted by atomic mass is 16.6. The van der Waals surface area contributed by atoms with Crippen molar-refractivity contribution in [3.05, 3.63) is 83.9 Å². The molecule has 0 bridgehead atoms. The summed E-state index contributed by atoms with van der Waals surface area (Å²) in [6, 6.07) is 23.7. The minimum atomic E-state index is -0.943. The zero-order chi connectivity index (χ0) is 25.0. The van der Waals surface area contributed by atoms with E-state index in [-0.39, 0.29) is 5.56 Å². The van der Waals surface area contributed by atoms with Gasteiger partial charge in [0.15, 0.2) is 0 Å². The molecular weight excluding hydrogens is 440 g/mol. The van der Waals surface area contributed by atoms with E-state index in [1.165, 1.54) is 17.5 Å². The van der Waals surface area contributed by atoms with E-state index in [1.807, 2.05) is 25.1 Å². The van der Waals surface area contributed by atoms with Crippen LogP contribution in [0.3, 0.4) is 0 Å². The van der Waals surface area contributed by atoms with E-state index >= 15 is 0 Å². The third kappa shape index (κ3) is 8.45. The Hall–Kier alpha value is -3.31. The number of hydrogen-bond acceptors (Lipinski definition) is 4. The van der Waals surface area contributed by atoms with E-state index in [9.17, 15) is 4.79 Å². The fourth-order valence-electron chi connectivity index (χ4n) is 3.67. The lowest BCUT2D eigenvalue weighted by Gasteiger charge is -2.09.